The van der Waals surface area contributed by atoms with Gasteiger partial charge in [0.2, 0.25) is 5.91 Å². The maximum absolute atomic E-state index is 12.7. The number of nitrogens with zero attached hydrogens (tertiary/aromatic N) is 1. The minimum absolute atomic E-state index is 0.0444. The monoisotopic (exact) mass is 530 g/mol. The van der Waals surface area contributed by atoms with Gasteiger partial charge in [-0.2, -0.15) is 0 Å². The Labute approximate surface area is 215 Å². The van der Waals surface area contributed by atoms with Crippen molar-refractivity contribution in [3.8, 4) is 0 Å². The number of hydrogen-bond acceptors (Lipinski definition) is 6. The van der Waals surface area contributed by atoms with Gasteiger partial charge in [0.1, 0.15) is 17.5 Å². The zero-order valence-electron chi connectivity index (χ0n) is 18.5. The van der Waals surface area contributed by atoms with Crippen molar-refractivity contribution in [1.82, 2.24) is 20.9 Å². The highest BCUT2D eigenvalue weighted by molar-refractivity contribution is 6.39. The molecule has 10 nitrogen and oxygen atoms in total. The van der Waals surface area contributed by atoms with E-state index in [0.717, 1.165) is 0 Å². The van der Waals surface area contributed by atoms with Crippen LogP contribution in [0.4, 0.5) is 0 Å². The van der Waals surface area contributed by atoms with Gasteiger partial charge >= 0.3 is 5.97 Å². The lowest BCUT2D eigenvalue weighted by atomic mass is 10.1. The molecule has 0 saturated heterocycles. The first-order chi connectivity index (χ1) is 17.2. The van der Waals surface area contributed by atoms with Crippen molar-refractivity contribution in [3.05, 3.63) is 93.6 Å². The van der Waals surface area contributed by atoms with Crippen molar-refractivity contribution in [2.75, 3.05) is 6.54 Å². The number of amides is 3. The lowest BCUT2D eigenvalue weighted by molar-refractivity contribution is -0.139. The molecule has 186 valence electrons. The van der Waals surface area contributed by atoms with E-state index >= 15 is 0 Å². The predicted octanol–water partition coefficient (Wildman–Crippen LogP) is 2.92. The molecule has 4 N–H and O–H groups in total. The Morgan fingerprint density at radius 3 is 2.39 bits per heavy atom. The summed E-state index contributed by atoms with van der Waals surface area (Å²) in [5, 5.41) is 16.7. The molecule has 1 aromatic carbocycles. The number of rotatable bonds is 10. The Morgan fingerprint density at radius 2 is 1.78 bits per heavy atom. The molecule has 2 heterocycles. The normalized spacial score (nSPS) is 11.6. The van der Waals surface area contributed by atoms with Gasteiger partial charge in [0, 0.05) is 25.4 Å². The number of benzene rings is 1. The third-order valence-corrected chi connectivity index (χ3v) is 5.30. The number of carbonyl (C=O) groups is 4. The number of hydrogen-bond donors (Lipinski definition) is 4. The molecule has 1 atom stereocenters. The summed E-state index contributed by atoms with van der Waals surface area (Å²) >= 11 is 12.5. The number of aliphatic carboxylic acids is 1. The van der Waals surface area contributed by atoms with Crippen molar-refractivity contribution >= 4 is 53.0 Å². The number of nitrogens with one attached hydrogen (secondary N) is 3. The van der Waals surface area contributed by atoms with Crippen LogP contribution in [0, 0.1) is 0 Å². The Morgan fingerprint density at radius 1 is 1.03 bits per heavy atom. The minimum Gasteiger partial charge on any atom is -0.480 e. The quantitative estimate of drug-likeness (QED) is 0.294. The standard InChI is InChI=1S/C24H20Cl2N4O6/c25-16-10-14(12-28-20(31)7-6-15-4-3-9-36-15)11-17(26)21(16)23(33)30-19(24(34)35)13-29-22(32)18-5-1-2-8-27-18/h1-11,19H,12-13H2,(H,28,31)(H,29,32)(H,30,33)(H,34,35)/b7-6+. The van der Waals surface area contributed by atoms with Crippen LogP contribution in [0.3, 0.4) is 0 Å². The summed E-state index contributed by atoms with van der Waals surface area (Å²) in [6, 6.07) is 9.47. The van der Waals surface area contributed by atoms with Crippen LogP contribution >= 0.6 is 23.2 Å². The largest absolute Gasteiger partial charge is 0.480 e. The molecule has 2 aromatic heterocycles. The molecule has 0 bridgehead atoms. The smallest absolute Gasteiger partial charge is 0.328 e. The number of carboxylic acids is 1. The van der Waals surface area contributed by atoms with Crippen LogP contribution in [0.15, 0.2) is 65.4 Å². The fourth-order valence-corrected chi connectivity index (χ4v) is 3.65. The van der Waals surface area contributed by atoms with Gasteiger partial charge in [0.15, 0.2) is 0 Å². The van der Waals surface area contributed by atoms with Gasteiger partial charge in [0.25, 0.3) is 11.8 Å². The summed E-state index contributed by atoms with van der Waals surface area (Å²) in [4.78, 5) is 52.3. The first-order valence-electron chi connectivity index (χ1n) is 10.4. The third kappa shape index (κ3) is 7.42. The van der Waals surface area contributed by atoms with E-state index in [9.17, 15) is 24.3 Å². The maximum Gasteiger partial charge on any atom is 0.328 e. The Kier molecular flexibility index (Phi) is 9.20. The molecule has 0 fully saturated rings. The Bertz CT molecular complexity index is 1260. The van der Waals surface area contributed by atoms with Gasteiger partial charge in [-0.25, -0.2) is 4.79 Å². The van der Waals surface area contributed by atoms with Crippen LogP contribution in [0.1, 0.15) is 32.2 Å². The predicted molar refractivity (Wildman–Crippen MR) is 132 cm³/mol. The van der Waals surface area contributed by atoms with E-state index in [1.165, 1.54) is 42.8 Å². The summed E-state index contributed by atoms with van der Waals surface area (Å²) in [5.41, 5.74) is 0.463. The molecule has 1 unspecified atom stereocenters. The van der Waals surface area contributed by atoms with Gasteiger partial charge in [-0.1, -0.05) is 29.3 Å². The number of furan rings is 1. The van der Waals surface area contributed by atoms with Gasteiger partial charge in [0.05, 0.1) is 21.9 Å². The van der Waals surface area contributed by atoms with Crippen LogP contribution in [0.25, 0.3) is 6.08 Å². The van der Waals surface area contributed by atoms with Crippen molar-refractivity contribution in [2.45, 2.75) is 12.6 Å². The summed E-state index contributed by atoms with van der Waals surface area (Å²) in [7, 11) is 0. The van der Waals surface area contributed by atoms with E-state index < -0.39 is 36.3 Å². The molecule has 3 rings (SSSR count). The molecule has 12 heteroatoms. The number of carboxylic acid groups (broad SMARTS) is 1. The summed E-state index contributed by atoms with van der Waals surface area (Å²) in [6.07, 6.45) is 5.70. The van der Waals surface area contributed by atoms with Crippen LogP contribution in [-0.4, -0.2) is 46.4 Å². The molecule has 0 aliphatic carbocycles. The van der Waals surface area contributed by atoms with Crippen molar-refractivity contribution in [2.24, 2.45) is 0 Å². The average molecular weight is 531 g/mol. The second kappa shape index (κ2) is 12.5. The van der Waals surface area contributed by atoms with E-state index in [4.69, 9.17) is 27.6 Å². The van der Waals surface area contributed by atoms with Crippen molar-refractivity contribution in [1.29, 1.82) is 0 Å². The molecule has 0 aliphatic rings. The molecule has 0 radical (unpaired) electrons. The molecule has 0 aliphatic heterocycles. The SMILES string of the molecule is O=C(/C=C/c1ccco1)NCc1cc(Cl)c(C(=O)NC(CNC(=O)c2ccccn2)C(=O)O)c(Cl)c1. The van der Waals surface area contributed by atoms with Gasteiger partial charge in [-0.05, 0) is 48.0 Å². The van der Waals surface area contributed by atoms with Crippen LogP contribution < -0.4 is 16.0 Å². The third-order valence-electron chi connectivity index (χ3n) is 4.71. The molecule has 3 amide bonds. The Hall–Kier alpha value is -4.15. The molecular formula is C24H20Cl2N4O6. The number of aromatic nitrogens is 1. The Balaban J connectivity index is 1.60. The highest BCUT2D eigenvalue weighted by atomic mass is 35.5. The van der Waals surface area contributed by atoms with Crippen LogP contribution in [0.2, 0.25) is 10.0 Å². The summed E-state index contributed by atoms with van der Waals surface area (Å²) < 4.78 is 5.10. The molecule has 36 heavy (non-hydrogen) atoms. The first-order valence-corrected chi connectivity index (χ1v) is 11.2. The molecule has 3 aromatic rings. The second-order valence-electron chi connectivity index (χ2n) is 7.29. The van der Waals surface area contributed by atoms with Gasteiger partial charge in [-0.15, -0.1) is 0 Å². The lowest BCUT2D eigenvalue weighted by Gasteiger charge is -2.17. The van der Waals surface area contributed by atoms with Crippen LogP contribution in [0.5, 0.6) is 0 Å². The lowest BCUT2D eigenvalue weighted by Crippen LogP contribution is -2.48. The van der Waals surface area contributed by atoms with Crippen molar-refractivity contribution in [3.63, 3.8) is 0 Å². The first kappa shape index (κ1) is 26.5. The van der Waals surface area contributed by atoms with E-state index in [0.29, 0.717) is 11.3 Å². The van der Waals surface area contributed by atoms with Crippen molar-refractivity contribution < 1.29 is 28.7 Å². The average Bonchev–Trinajstić information content (AvgIpc) is 3.37. The summed E-state index contributed by atoms with van der Waals surface area (Å²) in [6.45, 7) is -0.332. The number of halogens is 2. The van der Waals surface area contributed by atoms with Gasteiger partial charge in [-0.3, -0.25) is 19.4 Å². The van der Waals surface area contributed by atoms with Gasteiger partial charge < -0.3 is 25.5 Å². The fourth-order valence-electron chi connectivity index (χ4n) is 2.95. The van der Waals surface area contributed by atoms with E-state index in [2.05, 4.69) is 20.9 Å². The highest BCUT2D eigenvalue weighted by Crippen LogP contribution is 2.27. The second-order valence-corrected chi connectivity index (χ2v) is 8.10. The number of carbonyl (C=O) groups excluding carboxylic acids is 3. The summed E-state index contributed by atoms with van der Waals surface area (Å²) in [5.74, 6) is -2.70. The zero-order valence-corrected chi connectivity index (χ0v) is 20.0. The van der Waals surface area contributed by atoms with E-state index in [1.54, 1.807) is 24.3 Å². The maximum atomic E-state index is 12.7. The van der Waals surface area contributed by atoms with Crippen LogP contribution in [-0.2, 0) is 16.1 Å². The minimum atomic E-state index is -1.46. The topological polar surface area (TPSA) is 151 Å². The fraction of sp³-hybridized carbons (Fsp3) is 0.125. The highest BCUT2D eigenvalue weighted by Gasteiger charge is 2.25. The van der Waals surface area contributed by atoms with E-state index in [-0.39, 0.29) is 27.8 Å². The molecule has 0 spiro atoms. The molecular weight excluding hydrogens is 511 g/mol. The zero-order chi connectivity index (χ0) is 26.1. The molecule has 0 saturated carbocycles. The van der Waals surface area contributed by atoms with E-state index in [1.807, 2.05) is 0 Å². The number of pyridine rings is 1.